The molecule has 1 saturated heterocycles. The Bertz CT molecular complexity index is 1340. The maximum absolute atomic E-state index is 12.2. The first-order valence-corrected chi connectivity index (χ1v) is 11.2. The Morgan fingerprint density at radius 1 is 1.26 bits per heavy atom. The molecule has 3 N–H and O–H groups in total. The highest BCUT2D eigenvalue weighted by Gasteiger charge is 2.18. The molecule has 34 heavy (non-hydrogen) atoms. The van der Waals surface area contributed by atoms with Gasteiger partial charge in [0.15, 0.2) is 17.3 Å². The van der Waals surface area contributed by atoms with Gasteiger partial charge in [0, 0.05) is 44.0 Å². The third-order valence-corrected chi connectivity index (χ3v) is 5.82. The van der Waals surface area contributed by atoms with Gasteiger partial charge in [-0.3, -0.25) is 9.48 Å². The Morgan fingerprint density at radius 2 is 2.15 bits per heavy atom. The average molecular weight is 462 g/mol. The molecule has 3 aromatic heterocycles. The lowest BCUT2D eigenvalue weighted by Crippen LogP contribution is -2.37. The van der Waals surface area contributed by atoms with E-state index >= 15 is 0 Å². The summed E-state index contributed by atoms with van der Waals surface area (Å²) in [4.78, 5) is 21.2. The predicted molar refractivity (Wildman–Crippen MR) is 128 cm³/mol. The van der Waals surface area contributed by atoms with Crippen molar-refractivity contribution in [3.05, 3.63) is 48.0 Å². The normalized spacial score (nSPS) is 15.9. The molecule has 1 atom stereocenters. The molecule has 11 nitrogen and oxygen atoms in total. The monoisotopic (exact) mass is 461 g/mol. The van der Waals surface area contributed by atoms with Gasteiger partial charge in [0.05, 0.1) is 11.7 Å². The zero-order valence-electron chi connectivity index (χ0n) is 19.4. The van der Waals surface area contributed by atoms with E-state index < -0.39 is 0 Å². The van der Waals surface area contributed by atoms with E-state index in [0.717, 1.165) is 54.0 Å². The molecule has 0 saturated carbocycles. The van der Waals surface area contributed by atoms with Gasteiger partial charge in [-0.2, -0.15) is 15.2 Å². The molecule has 0 unspecified atom stereocenters. The van der Waals surface area contributed by atoms with Crippen LogP contribution in [-0.4, -0.2) is 61.7 Å². The lowest BCUT2D eigenvalue weighted by molar-refractivity contribution is 0.0959. The summed E-state index contributed by atoms with van der Waals surface area (Å²) in [5.74, 6) is 1.54. The molecule has 11 heteroatoms. The Morgan fingerprint density at radius 3 is 2.94 bits per heavy atom. The number of aromatic nitrogens is 6. The van der Waals surface area contributed by atoms with Crippen molar-refractivity contribution in [3.8, 4) is 11.6 Å². The molecular weight excluding hydrogens is 434 g/mol. The van der Waals surface area contributed by atoms with Gasteiger partial charge in [-0.25, -0.2) is 9.67 Å². The number of carbonyl (C=O) groups excluding carboxylic acids is 1. The molecule has 0 spiro atoms. The molecule has 176 valence electrons. The third-order valence-electron chi connectivity index (χ3n) is 5.82. The molecule has 4 aromatic rings. The number of amides is 1. The number of ether oxygens (including phenoxy) is 1. The van der Waals surface area contributed by atoms with E-state index in [4.69, 9.17) is 4.74 Å². The molecule has 1 fully saturated rings. The van der Waals surface area contributed by atoms with Gasteiger partial charge < -0.3 is 20.7 Å². The molecule has 1 aliphatic heterocycles. The van der Waals surface area contributed by atoms with Crippen LogP contribution in [0, 0.1) is 6.92 Å². The van der Waals surface area contributed by atoms with Gasteiger partial charge in [-0.05, 0) is 44.5 Å². The second-order valence-electron chi connectivity index (χ2n) is 8.26. The van der Waals surface area contributed by atoms with Gasteiger partial charge in [0.1, 0.15) is 11.8 Å². The maximum Gasteiger partial charge on any atom is 0.272 e. The van der Waals surface area contributed by atoms with E-state index in [2.05, 4.69) is 36.1 Å². The van der Waals surface area contributed by atoms with Crippen LogP contribution in [0.5, 0.6) is 5.75 Å². The van der Waals surface area contributed by atoms with E-state index in [1.54, 1.807) is 28.7 Å². The third kappa shape index (κ3) is 4.29. The van der Waals surface area contributed by atoms with E-state index in [0.29, 0.717) is 17.5 Å². The molecule has 4 heterocycles. The number of fused-ring (bicyclic) bond motifs is 1. The number of hydrogen-bond donors (Lipinski definition) is 3. The summed E-state index contributed by atoms with van der Waals surface area (Å²) in [5.41, 5.74) is 2.77. The number of nitrogens with one attached hydrogen (secondary N) is 3. The van der Waals surface area contributed by atoms with Crippen LogP contribution in [0.4, 0.5) is 11.6 Å². The summed E-state index contributed by atoms with van der Waals surface area (Å²) in [6.07, 6.45) is 5.81. The Balaban J connectivity index is 1.38. The van der Waals surface area contributed by atoms with Crippen LogP contribution in [0.25, 0.3) is 16.7 Å². The number of hydrogen-bond acceptors (Lipinski definition) is 8. The number of benzene rings is 1. The van der Waals surface area contributed by atoms with Gasteiger partial charge in [0.25, 0.3) is 5.91 Å². The highest BCUT2D eigenvalue weighted by Crippen LogP contribution is 2.25. The lowest BCUT2D eigenvalue weighted by Gasteiger charge is -2.23. The van der Waals surface area contributed by atoms with E-state index in [-0.39, 0.29) is 12.0 Å². The quantitative estimate of drug-likeness (QED) is 0.399. The number of piperidine rings is 1. The fraction of sp³-hybridized carbons (Fsp3) is 0.348. The highest BCUT2D eigenvalue weighted by atomic mass is 16.5. The second-order valence-corrected chi connectivity index (χ2v) is 8.26. The molecule has 0 bridgehead atoms. The minimum atomic E-state index is -0.239. The molecule has 0 radical (unpaired) electrons. The van der Waals surface area contributed by atoms with Crippen LogP contribution in [0.1, 0.15) is 29.0 Å². The topological polar surface area (TPSA) is 124 Å². The standard InChI is InChI=1S/C23H27N9O2/c1-14-19(34-16-5-4-9-25-12-16)13-32(29-14)20-8-10-26-23(28-20)27-15-6-7-18-17(11-15)21(22(33)24-2)30-31(18)3/h6-8,10-11,13,16,25H,4-5,9,12H2,1-3H3,(H,24,33)(H,26,27,28)/t16-/m1/s1. The molecular formula is C23H27N9O2. The van der Waals surface area contributed by atoms with Crippen LogP contribution in [0.15, 0.2) is 36.7 Å². The Kier molecular flexibility index (Phi) is 5.84. The van der Waals surface area contributed by atoms with Crippen LogP contribution >= 0.6 is 0 Å². The van der Waals surface area contributed by atoms with Crippen molar-refractivity contribution in [2.75, 3.05) is 25.5 Å². The fourth-order valence-corrected chi connectivity index (χ4v) is 4.07. The summed E-state index contributed by atoms with van der Waals surface area (Å²) in [6.45, 7) is 3.81. The number of carbonyl (C=O) groups is 1. The second kappa shape index (κ2) is 9.10. The zero-order valence-corrected chi connectivity index (χ0v) is 19.4. The summed E-state index contributed by atoms with van der Waals surface area (Å²) >= 11 is 0. The van der Waals surface area contributed by atoms with Crippen molar-refractivity contribution in [1.82, 2.24) is 40.2 Å². The molecule has 5 rings (SSSR count). The fourth-order valence-electron chi connectivity index (χ4n) is 4.07. The first-order chi connectivity index (χ1) is 16.5. The van der Waals surface area contributed by atoms with E-state index in [9.17, 15) is 4.79 Å². The smallest absolute Gasteiger partial charge is 0.272 e. The molecule has 0 aliphatic carbocycles. The van der Waals surface area contributed by atoms with Crippen molar-refractivity contribution in [3.63, 3.8) is 0 Å². The first-order valence-electron chi connectivity index (χ1n) is 11.2. The van der Waals surface area contributed by atoms with Crippen LogP contribution < -0.4 is 20.7 Å². The highest BCUT2D eigenvalue weighted by molar-refractivity contribution is 6.05. The van der Waals surface area contributed by atoms with Gasteiger partial charge in [0.2, 0.25) is 5.95 Å². The molecule has 1 aliphatic rings. The van der Waals surface area contributed by atoms with Gasteiger partial charge in [-0.15, -0.1) is 0 Å². The van der Waals surface area contributed by atoms with E-state index in [1.807, 2.05) is 38.4 Å². The van der Waals surface area contributed by atoms with Crippen molar-refractivity contribution in [2.45, 2.75) is 25.9 Å². The maximum atomic E-state index is 12.2. The number of anilines is 2. The minimum absolute atomic E-state index is 0.148. The summed E-state index contributed by atoms with van der Waals surface area (Å²) in [7, 11) is 3.40. The summed E-state index contributed by atoms with van der Waals surface area (Å²) in [5, 5.41) is 18.9. The predicted octanol–water partition coefficient (Wildman–Crippen LogP) is 2.09. The van der Waals surface area contributed by atoms with Gasteiger partial charge >= 0.3 is 0 Å². The first kappa shape index (κ1) is 21.8. The van der Waals surface area contributed by atoms with Crippen LogP contribution in [0.2, 0.25) is 0 Å². The largest absolute Gasteiger partial charge is 0.486 e. The Hall–Kier alpha value is -3.99. The lowest BCUT2D eigenvalue weighted by atomic mass is 10.1. The van der Waals surface area contributed by atoms with Crippen molar-refractivity contribution in [1.29, 1.82) is 0 Å². The minimum Gasteiger partial charge on any atom is -0.486 e. The summed E-state index contributed by atoms with van der Waals surface area (Å²) in [6, 6.07) is 7.46. The SMILES string of the molecule is CNC(=O)c1nn(C)c2ccc(Nc3nccc(-n4cc(O[C@@H]5CCCNC5)c(C)n4)n3)cc12. The van der Waals surface area contributed by atoms with Crippen molar-refractivity contribution < 1.29 is 9.53 Å². The van der Waals surface area contributed by atoms with Crippen LogP contribution in [0.3, 0.4) is 0 Å². The Labute approximate surface area is 196 Å². The van der Waals surface area contributed by atoms with Gasteiger partial charge in [-0.1, -0.05) is 0 Å². The van der Waals surface area contributed by atoms with Crippen molar-refractivity contribution >= 4 is 28.4 Å². The van der Waals surface area contributed by atoms with Crippen molar-refractivity contribution in [2.24, 2.45) is 7.05 Å². The molecule has 1 amide bonds. The number of aryl methyl sites for hydroxylation is 2. The average Bonchev–Trinajstić information content (AvgIpc) is 3.38. The van der Waals surface area contributed by atoms with E-state index in [1.165, 1.54) is 0 Å². The zero-order chi connectivity index (χ0) is 23.7. The number of nitrogens with zero attached hydrogens (tertiary/aromatic N) is 6. The number of rotatable bonds is 6. The van der Waals surface area contributed by atoms with Crippen LogP contribution in [-0.2, 0) is 7.05 Å². The molecule has 1 aromatic carbocycles. The summed E-state index contributed by atoms with van der Waals surface area (Å²) < 4.78 is 9.53.